The Morgan fingerprint density at radius 2 is 1.32 bits per heavy atom. The van der Waals surface area contributed by atoms with E-state index in [1.807, 2.05) is 0 Å². The summed E-state index contributed by atoms with van der Waals surface area (Å²) in [6.45, 7) is 15.3. The Bertz CT molecular complexity index is 1030. The van der Waals surface area contributed by atoms with Crippen molar-refractivity contribution in [3.05, 3.63) is 0 Å². The van der Waals surface area contributed by atoms with Crippen LogP contribution in [0.15, 0.2) is 0 Å². The highest BCUT2D eigenvalue weighted by atomic mass is 16.7. The van der Waals surface area contributed by atoms with Gasteiger partial charge in [-0.05, 0) is 88.0 Å². The fraction of sp³-hybridized carbons (Fsp3) is 0.793. The maximum atomic E-state index is 13.0. The zero-order chi connectivity index (χ0) is 33.9. The number of nitrogens with zero attached hydrogens (tertiary/aromatic N) is 1. The van der Waals surface area contributed by atoms with Crippen molar-refractivity contribution in [3.63, 3.8) is 0 Å². The molecule has 0 aromatic heterocycles. The van der Waals surface area contributed by atoms with Gasteiger partial charge in [-0.15, -0.1) is 5.06 Å². The minimum Gasteiger partial charge on any atom is -0.460 e. The van der Waals surface area contributed by atoms with E-state index in [9.17, 15) is 33.9 Å². The first-order valence-corrected chi connectivity index (χ1v) is 14.8. The third-order valence-electron chi connectivity index (χ3n) is 5.55. The lowest BCUT2D eigenvalue weighted by Gasteiger charge is -2.27. The predicted molar refractivity (Wildman–Crippen MR) is 156 cm³/mol. The van der Waals surface area contributed by atoms with Crippen molar-refractivity contribution < 1.29 is 52.9 Å². The van der Waals surface area contributed by atoms with Gasteiger partial charge < -0.3 is 40.1 Å². The van der Waals surface area contributed by atoms with Gasteiger partial charge >= 0.3 is 30.0 Å². The summed E-state index contributed by atoms with van der Waals surface area (Å²) in [4.78, 5) is 79.4. The van der Waals surface area contributed by atoms with Crippen molar-refractivity contribution in [2.45, 2.75) is 142 Å². The van der Waals surface area contributed by atoms with E-state index in [4.69, 9.17) is 19.0 Å². The zero-order valence-corrected chi connectivity index (χ0v) is 27.4. The molecule has 1 aliphatic rings. The smallest absolute Gasteiger partial charge is 0.431 e. The number of rotatable bonds is 13. The number of carbonyl (C=O) groups excluding carboxylic acids is 6. The van der Waals surface area contributed by atoms with Gasteiger partial charge in [-0.1, -0.05) is 0 Å². The van der Waals surface area contributed by atoms with Crippen LogP contribution in [-0.2, 0) is 38.2 Å². The second-order valence-corrected chi connectivity index (χ2v) is 13.5. The summed E-state index contributed by atoms with van der Waals surface area (Å²) >= 11 is 0. The topological polar surface area (TPSA) is 199 Å². The van der Waals surface area contributed by atoms with E-state index in [2.05, 4.69) is 16.0 Å². The lowest BCUT2D eigenvalue weighted by atomic mass is 10.1. The molecule has 252 valence electrons. The molecule has 1 aliphatic heterocycles. The second kappa shape index (κ2) is 16.5. The van der Waals surface area contributed by atoms with Crippen LogP contribution in [0.5, 0.6) is 0 Å². The van der Waals surface area contributed by atoms with Crippen molar-refractivity contribution in [2.75, 3.05) is 6.54 Å². The van der Waals surface area contributed by atoms with E-state index in [0.717, 1.165) is 0 Å². The number of esters is 3. The fourth-order valence-corrected chi connectivity index (χ4v) is 3.80. The fourth-order valence-electron chi connectivity index (χ4n) is 3.80. The van der Waals surface area contributed by atoms with Gasteiger partial charge in [0.05, 0.1) is 0 Å². The molecular weight excluding hydrogens is 580 g/mol. The first kappa shape index (κ1) is 38.4. The Balaban J connectivity index is 2.80. The van der Waals surface area contributed by atoms with Gasteiger partial charge in [-0.2, -0.15) is 0 Å². The lowest BCUT2D eigenvalue weighted by Crippen LogP contribution is -2.53. The van der Waals surface area contributed by atoms with Crippen LogP contribution in [0.4, 0.5) is 9.59 Å². The number of unbranched alkanes of at least 4 members (excludes halogenated alkanes) is 1. The molecule has 0 aromatic carbocycles. The van der Waals surface area contributed by atoms with Gasteiger partial charge in [0, 0.05) is 25.8 Å². The Morgan fingerprint density at radius 3 is 1.77 bits per heavy atom. The van der Waals surface area contributed by atoms with Gasteiger partial charge in [-0.3, -0.25) is 9.59 Å². The van der Waals surface area contributed by atoms with E-state index in [1.165, 1.54) is 0 Å². The molecule has 1 fully saturated rings. The molecular formula is C29H50N4O11. The first-order valence-electron chi connectivity index (χ1n) is 14.8. The summed E-state index contributed by atoms with van der Waals surface area (Å²) < 4.78 is 16.2. The number of hydrogen-bond donors (Lipinski definition) is 4. The van der Waals surface area contributed by atoms with Gasteiger partial charge in [0.25, 0.3) is 5.91 Å². The molecule has 0 aromatic rings. The van der Waals surface area contributed by atoms with Crippen LogP contribution in [0.1, 0.15) is 107 Å². The van der Waals surface area contributed by atoms with Crippen LogP contribution in [0, 0.1) is 0 Å². The Labute approximate surface area is 259 Å². The Hall–Kier alpha value is -3.62. The summed E-state index contributed by atoms with van der Waals surface area (Å²) in [6, 6.07) is -3.17. The van der Waals surface area contributed by atoms with Crippen LogP contribution >= 0.6 is 0 Å². The maximum absolute atomic E-state index is 13.0. The molecule has 4 N–H and O–H groups in total. The summed E-state index contributed by atoms with van der Waals surface area (Å²) in [6.07, 6.45) is -1.30. The van der Waals surface area contributed by atoms with Crippen LogP contribution in [0.3, 0.4) is 0 Å². The van der Waals surface area contributed by atoms with Gasteiger partial charge in [-0.25, -0.2) is 19.2 Å². The van der Waals surface area contributed by atoms with Gasteiger partial charge in [0.2, 0.25) is 0 Å². The molecule has 1 unspecified atom stereocenters. The molecule has 3 atom stereocenters. The van der Waals surface area contributed by atoms with E-state index in [0.29, 0.717) is 17.9 Å². The molecule has 0 bridgehead atoms. The number of ether oxygens (including phenoxy) is 3. The zero-order valence-electron chi connectivity index (χ0n) is 27.4. The summed E-state index contributed by atoms with van der Waals surface area (Å²) in [5.41, 5.74) is -2.43. The normalized spacial score (nSPS) is 16.8. The van der Waals surface area contributed by atoms with Crippen molar-refractivity contribution in [3.8, 4) is 0 Å². The molecule has 0 aliphatic carbocycles. The van der Waals surface area contributed by atoms with E-state index in [-0.39, 0.29) is 38.6 Å². The van der Waals surface area contributed by atoms with Crippen LogP contribution < -0.4 is 16.0 Å². The van der Waals surface area contributed by atoms with Crippen LogP contribution in [0.25, 0.3) is 0 Å². The number of aliphatic hydroxyl groups is 1. The predicted octanol–water partition coefficient (Wildman–Crippen LogP) is 2.58. The maximum Gasteiger partial charge on any atom is 0.431 e. The third-order valence-corrected chi connectivity index (χ3v) is 5.55. The summed E-state index contributed by atoms with van der Waals surface area (Å²) in [7, 11) is 0. The number of urea groups is 1. The molecule has 0 spiro atoms. The van der Waals surface area contributed by atoms with Crippen molar-refractivity contribution in [1.82, 2.24) is 21.0 Å². The monoisotopic (exact) mass is 630 g/mol. The molecule has 1 heterocycles. The standard InChI is InChI=1S/C29H50N4O11/c1-27(2,3)41-22(36)16-13-19(24(38)43-29(7,8)9)32-25(39)31-18(23(37)42-28(4,5)6)12-10-11-17-30-26(40)44-33-20(34)14-15-21(33)35/h18-20,34H,10-17H2,1-9H3,(H,30,40)(H2,31,32,39)/t18-,19-,20?/m0/s1. The van der Waals surface area contributed by atoms with Gasteiger partial charge in [0.15, 0.2) is 6.23 Å². The quantitative estimate of drug-likeness (QED) is 0.132. The largest absolute Gasteiger partial charge is 0.460 e. The molecule has 15 nitrogen and oxygen atoms in total. The Kier molecular flexibility index (Phi) is 14.4. The van der Waals surface area contributed by atoms with Crippen molar-refractivity contribution in [1.29, 1.82) is 0 Å². The highest BCUT2D eigenvalue weighted by Crippen LogP contribution is 2.17. The lowest BCUT2D eigenvalue weighted by molar-refractivity contribution is -0.189. The minimum atomic E-state index is -1.21. The van der Waals surface area contributed by atoms with Crippen LogP contribution in [-0.4, -0.2) is 87.8 Å². The van der Waals surface area contributed by atoms with Crippen molar-refractivity contribution in [2.24, 2.45) is 0 Å². The SMILES string of the molecule is CC(C)(C)OC(=O)CC[C@H](NC(=O)N[C@@H](CCCCNC(=O)ON1C(=O)CCC1O)C(=O)OC(C)(C)C)C(=O)OC(C)(C)C. The first-order chi connectivity index (χ1) is 20.1. The highest BCUT2D eigenvalue weighted by molar-refractivity contribution is 5.87. The molecule has 44 heavy (non-hydrogen) atoms. The molecule has 0 saturated carbocycles. The number of amides is 4. The van der Waals surface area contributed by atoms with Crippen molar-refractivity contribution >= 4 is 35.9 Å². The second-order valence-electron chi connectivity index (χ2n) is 13.5. The molecule has 1 rings (SSSR count). The number of aliphatic hydroxyl groups excluding tert-OH is 1. The number of nitrogens with one attached hydrogen (secondary N) is 3. The third kappa shape index (κ3) is 16.3. The number of carbonyl (C=O) groups is 6. The van der Waals surface area contributed by atoms with Gasteiger partial charge in [0.1, 0.15) is 28.9 Å². The average Bonchev–Trinajstić information content (AvgIpc) is 3.14. The number of hydroxylamine groups is 2. The van der Waals surface area contributed by atoms with E-state index < -0.39 is 71.1 Å². The molecule has 15 heteroatoms. The molecule has 4 amide bonds. The average molecular weight is 631 g/mol. The molecule has 1 saturated heterocycles. The van der Waals surface area contributed by atoms with Crippen LogP contribution in [0.2, 0.25) is 0 Å². The highest BCUT2D eigenvalue weighted by Gasteiger charge is 2.33. The number of hydrogen-bond acceptors (Lipinski definition) is 11. The molecule has 0 radical (unpaired) electrons. The summed E-state index contributed by atoms with van der Waals surface area (Å²) in [5, 5.41) is 17.8. The minimum absolute atomic E-state index is 0.0728. The van der Waals surface area contributed by atoms with E-state index >= 15 is 0 Å². The Morgan fingerprint density at radius 1 is 0.818 bits per heavy atom. The van der Waals surface area contributed by atoms with E-state index in [1.54, 1.807) is 62.3 Å². The summed E-state index contributed by atoms with van der Waals surface area (Å²) in [5.74, 6) is -2.52.